The number of hydrogen-bond donors (Lipinski definition) is 0. The first-order valence-corrected chi connectivity index (χ1v) is 7.52. The van der Waals surface area contributed by atoms with Gasteiger partial charge < -0.3 is 0 Å². The van der Waals surface area contributed by atoms with Crippen LogP contribution in [0.25, 0.3) is 10.2 Å². The maximum Gasteiger partial charge on any atom is 0.251 e. The Morgan fingerprint density at radius 3 is 2.42 bits per heavy atom. The summed E-state index contributed by atoms with van der Waals surface area (Å²) in [6, 6.07) is 8.09. The molecule has 5 nitrogen and oxygen atoms in total. The fourth-order valence-electron chi connectivity index (χ4n) is 1.69. The number of rotatable bonds is 2. The molecule has 0 saturated carbocycles. The number of hydrogen-bond acceptors (Lipinski definition) is 7. The summed E-state index contributed by atoms with van der Waals surface area (Å²) in [5.41, 5.74) is 0.824. The number of benzene rings is 1. The van der Waals surface area contributed by atoms with E-state index in [2.05, 4.69) is 52.5 Å². The highest BCUT2D eigenvalue weighted by Gasteiger charge is 2.47. The van der Waals surface area contributed by atoms with Gasteiger partial charge in [-0.05, 0) is 34.3 Å². The molecular weight excluding hydrogens is 278 g/mol. The van der Waals surface area contributed by atoms with Gasteiger partial charge in [0.05, 0.1) is 10.2 Å². The van der Waals surface area contributed by atoms with E-state index in [1.807, 2.05) is 18.2 Å². The Bertz CT molecular complexity index is 623. The normalized spacial score (nSPS) is 17.4. The second-order valence-corrected chi connectivity index (χ2v) is 7.74. The highest BCUT2D eigenvalue weighted by molar-refractivity contribution is 8.02. The third kappa shape index (κ3) is 2.17. The summed E-state index contributed by atoms with van der Waals surface area (Å²) in [7, 11) is 0. The molecule has 1 aliphatic rings. The van der Waals surface area contributed by atoms with Gasteiger partial charge in [-0.1, -0.05) is 32.9 Å². The lowest BCUT2D eigenvalue weighted by Gasteiger charge is -2.31. The van der Waals surface area contributed by atoms with E-state index >= 15 is 0 Å². The van der Waals surface area contributed by atoms with Crippen molar-refractivity contribution < 1.29 is 0 Å². The van der Waals surface area contributed by atoms with Crippen LogP contribution in [0.4, 0.5) is 0 Å². The lowest BCUT2D eigenvalue weighted by Crippen LogP contribution is -2.34. The van der Waals surface area contributed by atoms with Crippen molar-refractivity contribution in [1.82, 2.24) is 4.98 Å². The van der Waals surface area contributed by atoms with Crippen molar-refractivity contribution in [3.05, 3.63) is 24.3 Å². The maximum absolute atomic E-state index is 4.61. The molecule has 7 heteroatoms. The van der Waals surface area contributed by atoms with E-state index in [0.29, 0.717) is 0 Å². The van der Waals surface area contributed by atoms with Crippen LogP contribution in [0, 0.1) is 5.41 Å². The van der Waals surface area contributed by atoms with Gasteiger partial charge in [0.15, 0.2) is 4.34 Å². The monoisotopic (exact) mass is 291 g/mol. The van der Waals surface area contributed by atoms with E-state index in [0.717, 1.165) is 9.86 Å². The van der Waals surface area contributed by atoms with E-state index in [1.165, 1.54) is 16.5 Å². The predicted molar refractivity (Wildman–Crippen MR) is 77.4 cm³/mol. The summed E-state index contributed by atoms with van der Waals surface area (Å²) in [6.45, 7) is 6.24. The zero-order valence-corrected chi connectivity index (χ0v) is 12.5. The molecule has 1 aromatic heterocycles. The smallest absolute Gasteiger partial charge is 0.229 e. The Morgan fingerprint density at radius 2 is 1.79 bits per heavy atom. The zero-order valence-electron chi connectivity index (χ0n) is 10.9. The van der Waals surface area contributed by atoms with Crippen LogP contribution in [-0.4, -0.2) is 9.98 Å². The molecule has 0 amide bonds. The fourth-order valence-corrected chi connectivity index (χ4v) is 4.02. The first kappa shape index (κ1) is 12.7. The Balaban J connectivity index is 1.99. The molecule has 1 aliphatic heterocycles. The molecular formula is C12H13N5S2. The molecule has 98 valence electrons. The van der Waals surface area contributed by atoms with Gasteiger partial charge in [0, 0.05) is 5.41 Å². The van der Waals surface area contributed by atoms with E-state index in [-0.39, 0.29) is 5.41 Å². The van der Waals surface area contributed by atoms with E-state index in [1.54, 1.807) is 11.3 Å². The van der Waals surface area contributed by atoms with Crippen molar-refractivity contribution in [2.75, 3.05) is 0 Å². The summed E-state index contributed by atoms with van der Waals surface area (Å²) in [5.74, 6) is 0. The fraction of sp³-hybridized carbons (Fsp3) is 0.417. The van der Waals surface area contributed by atoms with Crippen molar-refractivity contribution in [3.8, 4) is 0 Å². The molecule has 2 aromatic rings. The first-order chi connectivity index (χ1) is 9.00. The van der Waals surface area contributed by atoms with Crippen LogP contribution in [0.3, 0.4) is 0 Å². The largest absolute Gasteiger partial charge is 0.251 e. The van der Waals surface area contributed by atoms with Gasteiger partial charge in [-0.3, -0.25) is 0 Å². The second kappa shape index (κ2) is 4.35. The molecule has 0 fully saturated rings. The Hall–Kier alpha value is -1.34. The summed E-state index contributed by atoms with van der Waals surface area (Å²) in [6.07, 6.45) is 0. The Labute approximate surface area is 119 Å². The highest BCUT2D eigenvalue weighted by Crippen LogP contribution is 2.51. The molecule has 0 atom stereocenters. The summed E-state index contributed by atoms with van der Waals surface area (Å²) in [5, 5.41) is 15.8. The summed E-state index contributed by atoms with van der Waals surface area (Å²) >= 11 is 3.17. The average molecular weight is 291 g/mol. The molecule has 3 rings (SSSR count). The summed E-state index contributed by atoms with van der Waals surface area (Å²) < 4.78 is 2.11. The van der Waals surface area contributed by atoms with Crippen LogP contribution in [0.1, 0.15) is 20.8 Å². The minimum atomic E-state index is -0.707. The van der Waals surface area contributed by atoms with E-state index in [9.17, 15) is 0 Å². The topological polar surface area (TPSA) is 62.3 Å². The van der Waals surface area contributed by atoms with Crippen LogP contribution in [0.15, 0.2) is 49.3 Å². The maximum atomic E-state index is 4.61. The van der Waals surface area contributed by atoms with Crippen LogP contribution < -0.4 is 0 Å². The molecule has 0 N–H and O–H groups in total. The molecule has 0 spiro atoms. The van der Waals surface area contributed by atoms with Crippen LogP contribution in [0.2, 0.25) is 0 Å². The number of para-hydroxylation sites is 1. The number of fused-ring (bicyclic) bond motifs is 1. The van der Waals surface area contributed by atoms with E-state index < -0.39 is 4.99 Å². The second-order valence-electron chi connectivity index (χ2n) is 5.29. The van der Waals surface area contributed by atoms with Gasteiger partial charge in [0.25, 0.3) is 4.99 Å². The molecule has 2 heterocycles. The van der Waals surface area contributed by atoms with E-state index in [4.69, 9.17) is 0 Å². The minimum absolute atomic E-state index is 0.182. The molecule has 1 aromatic carbocycles. The number of nitrogens with zero attached hydrogens (tertiary/aromatic N) is 5. The molecule has 19 heavy (non-hydrogen) atoms. The van der Waals surface area contributed by atoms with Gasteiger partial charge in [0.1, 0.15) is 0 Å². The standard InChI is InChI=1S/C12H13N5S2/c1-11(2,3)12(14-16-17-15-12)19-10-13-8-6-4-5-7-9(8)18-10/h4-7H,1-3H3. The van der Waals surface area contributed by atoms with Gasteiger partial charge in [-0.2, -0.15) is 0 Å². The van der Waals surface area contributed by atoms with Crippen LogP contribution in [-0.2, 0) is 0 Å². The van der Waals surface area contributed by atoms with Crippen molar-refractivity contribution >= 4 is 33.3 Å². The van der Waals surface area contributed by atoms with Gasteiger partial charge in [-0.25, -0.2) is 4.98 Å². The third-order valence-corrected chi connectivity index (χ3v) is 5.54. The van der Waals surface area contributed by atoms with Crippen LogP contribution in [0.5, 0.6) is 0 Å². The molecule has 0 unspecified atom stereocenters. The average Bonchev–Trinajstić information content (AvgIpc) is 2.94. The summed E-state index contributed by atoms with van der Waals surface area (Å²) in [4.78, 5) is 3.91. The van der Waals surface area contributed by atoms with Crippen molar-refractivity contribution in [3.63, 3.8) is 0 Å². The quantitative estimate of drug-likeness (QED) is 0.788. The molecule has 0 bridgehead atoms. The minimum Gasteiger partial charge on any atom is -0.229 e. The number of thioether (sulfide) groups is 1. The van der Waals surface area contributed by atoms with Crippen LogP contribution >= 0.6 is 23.1 Å². The van der Waals surface area contributed by atoms with Gasteiger partial charge in [0.2, 0.25) is 0 Å². The Kier molecular flexibility index (Phi) is 2.90. The number of thiazole rings is 1. The van der Waals surface area contributed by atoms with Gasteiger partial charge >= 0.3 is 0 Å². The number of aromatic nitrogens is 1. The van der Waals surface area contributed by atoms with Crippen molar-refractivity contribution in [1.29, 1.82) is 0 Å². The van der Waals surface area contributed by atoms with Crippen molar-refractivity contribution in [2.45, 2.75) is 30.1 Å². The third-order valence-electron chi connectivity index (χ3n) is 2.88. The predicted octanol–water partition coefficient (Wildman–Crippen LogP) is 4.92. The first-order valence-electron chi connectivity index (χ1n) is 5.89. The van der Waals surface area contributed by atoms with Gasteiger partial charge in [-0.15, -0.1) is 21.6 Å². The lowest BCUT2D eigenvalue weighted by atomic mass is 9.93. The SMILES string of the molecule is CC(C)(C)C1(Sc2nc3ccccc3s2)N=NN=N1. The molecule has 0 aliphatic carbocycles. The molecule has 0 radical (unpaired) electrons. The highest BCUT2D eigenvalue weighted by atomic mass is 32.2. The molecule has 0 saturated heterocycles. The lowest BCUT2D eigenvalue weighted by molar-refractivity contribution is 0.294. The van der Waals surface area contributed by atoms with Crippen molar-refractivity contribution in [2.24, 2.45) is 26.1 Å². The zero-order chi connectivity index (χ0) is 13.5. The Morgan fingerprint density at radius 1 is 1.11 bits per heavy atom.